The van der Waals surface area contributed by atoms with Gasteiger partial charge in [0.25, 0.3) is 0 Å². The van der Waals surface area contributed by atoms with Gasteiger partial charge in [-0.25, -0.2) is 4.79 Å². The van der Waals surface area contributed by atoms with Gasteiger partial charge in [0.05, 0.1) is 6.61 Å². The molecule has 3 N–H and O–H groups in total. The Morgan fingerprint density at radius 2 is 2.35 bits per heavy atom. The number of nitrogens with zero attached hydrogens (tertiary/aromatic N) is 2. The van der Waals surface area contributed by atoms with Crippen LogP contribution in [0.2, 0.25) is 0 Å². The highest BCUT2D eigenvalue weighted by molar-refractivity contribution is 5.38. The van der Waals surface area contributed by atoms with E-state index in [1.54, 1.807) is 19.1 Å². The zero-order valence-corrected chi connectivity index (χ0v) is 9.20. The molecule has 0 bridgehead atoms. The second-order valence-electron chi connectivity index (χ2n) is 3.71. The number of hydrogen-bond donors (Lipinski definition) is 3. The third-order valence-electron chi connectivity index (χ3n) is 2.50. The normalized spacial score (nSPS) is 23.0. The topological polar surface area (TPSA) is 96.6 Å². The zero-order chi connectivity index (χ0) is 12.4. The van der Waals surface area contributed by atoms with Gasteiger partial charge in [0, 0.05) is 11.8 Å². The van der Waals surface area contributed by atoms with Crippen LogP contribution in [0.3, 0.4) is 0 Å². The summed E-state index contributed by atoms with van der Waals surface area (Å²) >= 11 is 0. The minimum absolute atomic E-state index is 0.118. The number of aliphatic hydroxyl groups excluding tert-OH is 1. The van der Waals surface area contributed by atoms with Crippen LogP contribution in [0.4, 0.5) is 5.82 Å². The smallest absolute Gasteiger partial charge is 0.351 e. The van der Waals surface area contributed by atoms with Crippen molar-refractivity contribution in [2.75, 3.05) is 12.1 Å². The van der Waals surface area contributed by atoms with Crippen LogP contribution in [0.5, 0.6) is 0 Å². The number of aromatic nitrogens is 2. The van der Waals surface area contributed by atoms with Crippen LogP contribution in [-0.4, -0.2) is 32.6 Å². The van der Waals surface area contributed by atoms with Crippen LogP contribution < -0.4 is 11.2 Å². The maximum atomic E-state index is 11.7. The van der Waals surface area contributed by atoms with E-state index in [0.717, 1.165) is 0 Å². The van der Waals surface area contributed by atoms with E-state index in [-0.39, 0.29) is 12.4 Å². The van der Waals surface area contributed by atoms with Gasteiger partial charge in [-0.05, 0) is 13.0 Å². The summed E-state index contributed by atoms with van der Waals surface area (Å²) < 4.78 is 6.68. The van der Waals surface area contributed by atoms with Gasteiger partial charge < -0.3 is 9.84 Å². The SMILES string of the molecule is Cc1cn([C@@H]2C=C[C@H](CO)O2)c(=O)nc1NO. The fourth-order valence-electron chi connectivity index (χ4n) is 1.61. The van der Waals surface area contributed by atoms with Crippen molar-refractivity contribution in [3.05, 3.63) is 34.4 Å². The summed E-state index contributed by atoms with van der Waals surface area (Å²) in [7, 11) is 0. The van der Waals surface area contributed by atoms with Crippen molar-refractivity contribution in [1.29, 1.82) is 0 Å². The van der Waals surface area contributed by atoms with E-state index >= 15 is 0 Å². The van der Waals surface area contributed by atoms with E-state index in [1.165, 1.54) is 10.8 Å². The molecule has 0 aromatic carbocycles. The largest absolute Gasteiger partial charge is 0.393 e. The third-order valence-corrected chi connectivity index (χ3v) is 2.50. The van der Waals surface area contributed by atoms with Gasteiger partial charge in [0.15, 0.2) is 12.0 Å². The molecule has 0 fully saturated rings. The highest BCUT2D eigenvalue weighted by Gasteiger charge is 2.21. The molecular weight excluding hydrogens is 226 g/mol. The lowest BCUT2D eigenvalue weighted by Gasteiger charge is -2.15. The van der Waals surface area contributed by atoms with Gasteiger partial charge in [-0.3, -0.25) is 15.3 Å². The second kappa shape index (κ2) is 4.66. The third kappa shape index (κ3) is 2.21. The number of aryl methyl sites for hydroxylation is 1. The minimum atomic E-state index is -0.571. The molecule has 17 heavy (non-hydrogen) atoms. The molecule has 1 aliphatic rings. The Labute approximate surface area is 96.9 Å². The second-order valence-corrected chi connectivity index (χ2v) is 3.71. The van der Waals surface area contributed by atoms with Crippen LogP contribution in [-0.2, 0) is 4.74 Å². The number of nitrogens with one attached hydrogen (secondary N) is 1. The summed E-state index contributed by atoms with van der Waals surface area (Å²) in [6.07, 6.45) is 3.92. The zero-order valence-electron chi connectivity index (χ0n) is 9.20. The van der Waals surface area contributed by atoms with Crippen molar-refractivity contribution in [3.8, 4) is 0 Å². The minimum Gasteiger partial charge on any atom is -0.393 e. The van der Waals surface area contributed by atoms with Gasteiger partial charge in [-0.1, -0.05) is 6.08 Å². The molecule has 1 aromatic rings. The monoisotopic (exact) mass is 239 g/mol. The fraction of sp³-hybridized carbons (Fsp3) is 0.400. The molecule has 0 aliphatic carbocycles. The van der Waals surface area contributed by atoms with Crippen LogP contribution in [0, 0.1) is 6.92 Å². The van der Waals surface area contributed by atoms with Crippen LogP contribution in [0.15, 0.2) is 23.1 Å². The summed E-state index contributed by atoms with van der Waals surface area (Å²) in [6, 6.07) is 0. The first-order chi connectivity index (χ1) is 8.15. The van der Waals surface area contributed by atoms with Gasteiger partial charge >= 0.3 is 5.69 Å². The summed E-state index contributed by atoms with van der Waals surface area (Å²) in [4.78, 5) is 15.3. The molecule has 92 valence electrons. The van der Waals surface area contributed by atoms with Crippen molar-refractivity contribution < 1.29 is 15.1 Å². The maximum absolute atomic E-state index is 11.7. The molecule has 1 aromatic heterocycles. The number of hydrogen-bond acceptors (Lipinski definition) is 6. The maximum Gasteiger partial charge on any atom is 0.351 e. The van der Waals surface area contributed by atoms with Crippen molar-refractivity contribution in [1.82, 2.24) is 9.55 Å². The van der Waals surface area contributed by atoms with Crippen LogP contribution in [0.1, 0.15) is 11.8 Å². The molecule has 7 heteroatoms. The molecule has 1 aliphatic heterocycles. The molecule has 7 nitrogen and oxygen atoms in total. The molecule has 0 saturated carbocycles. The molecule has 2 heterocycles. The number of ether oxygens (including phenoxy) is 1. The molecule has 0 saturated heterocycles. The highest BCUT2D eigenvalue weighted by atomic mass is 16.5. The molecule has 2 atom stereocenters. The Morgan fingerprint density at radius 1 is 1.59 bits per heavy atom. The Kier molecular flexibility index (Phi) is 3.23. The average Bonchev–Trinajstić information content (AvgIpc) is 2.80. The lowest BCUT2D eigenvalue weighted by atomic mass is 10.3. The van der Waals surface area contributed by atoms with Crippen molar-refractivity contribution in [2.45, 2.75) is 19.3 Å². The predicted octanol–water partition coefficient (Wildman–Crippen LogP) is -0.201. The lowest BCUT2D eigenvalue weighted by molar-refractivity contribution is -0.0103. The van der Waals surface area contributed by atoms with Crippen molar-refractivity contribution in [3.63, 3.8) is 0 Å². The number of rotatable bonds is 3. The molecule has 2 rings (SSSR count). The Morgan fingerprint density at radius 3 is 2.94 bits per heavy atom. The Hall–Kier alpha value is -1.70. The van der Waals surface area contributed by atoms with Crippen LogP contribution >= 0.6 is 0 Å². The molecular formula is C10H13N3O4. The predicted molar refractivity (Wildman–Crippen MR) is 58.8 cm³/mol. The van der Waals surface area contributed by atoms with E-state index in [9.17, 15) is 4.79 Å². The van der Waals surface area contributed by atoms with Gasteiger partial charge in [0.2, 0.25) is 0 Å². The van der Waals surface area contributed by atoms with E-state index in [4.69, 9.17) is 15.1 Å². The summed E-state index contributed by atoms with van der Waals surface area (Å²) in [5.41, 5.74) is 1.92. The van der Waals surface area contributed by atoms with Gasteiger partial charge in [-0.2, -0.15) is 4.98 Å². The summed E-state index contributed by atoms with van der Waals surface area (Å²) in [5, 5.41) is 17.7. The first-order valence-corrected chi connectivity index (χ1v) is 5.10. The quantitative estimate of drug-likeness (QED) is 0.499. The van der Waals surface area contributed by atoms with Crippen molar-refractivity contribution >= 4 is 5.82 Å². The first-order valence-electron chi connectivity index (χ1n) is 5.10. The lowest BCUT2D eigenvalue weighted by Crippen LogP contribution is -2.28. The molecule has 0 unspecified atom stereocenters. The number of anilines is 1. The van der Waals surface area contributed by atoms with E-state index < -0.39 is 18.0 Å². The Bertz CT molecular complexity index is 497. The standard InChI is InChI=1S/C10H13N3O4/c1-6-4-13(10(15)11-9(6)12-16)8-3-2-7(5-14)17-8/h2-4,7-8,14,16H,5H2,1H3,(H,11,12,15)/t7-,8+/m1/s1. The summed E-state index contributed by atoms with van der Waals surface area (Å²) in [5.74, 6) is 0.118. The van der Waals surface area contributed by atoms with E-state index in [2.05, 4.69) is 4.98 Å². The highest BCUT2D eigenvalue weighted by Crippen LogP contribution is 2.20. The summed E-state index contributed by atoms with van der Waals surface area (Å²) in [6.45, 7) is 1.56. The van der Waals surface area contributed by atoms with E-state index in [0.29, 0.717) is 5.56 Å². The van der Waals surface area contributed by atoms with Gasteiger partial charge in [-0.15, -0.1) is 0 Å². The first kappa shape index (κ1) is 11.8. The number of aliphatic hydroxyl groups is 1. The molecule has 0 spiro atoms. The molecule has 0 amide bonds. The average molecular weight is 239 g/mol. The van der Waals surface area contributed by atoms with E-state index in [1.807, 2.05) is 5.48 Å². The molecule has 0 radical (unpaired) electrons. The van der Waals surface area contributed by atoms with Gasteiger partial charge in [0.1, 0.15) is 6.10 Å². The van der Waals surface area contributed by atoms with Crippen LogP contribution in [0.25, 0.3) is 0 Å². The van der Waals surface area contributed by atoms with Crippen molar-refractivity contribution in [2.24, 2.45) is 0 Å². The fourth-order valence-corrected chi connectivity index (χ4v) is 1.61. The Balaban J connectivity index is 2.32.